The van der Waals surface area contributed by atoms with Gasteiger partial charge in [0.05, 0.1) is 0 Å². The number of urea groups is 1. The van der Waals surface area contributed by atoms with Crippen LogP contribution in [0, 0.1) is 0 Å². The van der Waals surface area contributed by atoms with E-state index in [-0.39, 0.29) is 6.03 Å². The number of amides is 2. The highest BCUT2D eigenvalue weighted by atomic mass is 35.5. The lowest BCUT2D eigenvalue weighted by Gasteiger charge is -2.18. The molecule has 1 aromatic carbocycles. The zero-order chi connectivity index (χ0) is 12.8. The highest BCUT2D eigenvalue weighted by Crippen LogP contribution is 2.19. The van der Waals surface area contributed by atoms with Gasteiger partial charge in [-0.05, 0) is 23.6 Å². The Morgan fingerprint density at radius 2 is 1.94 bits per heavy atom. The summed E-state index contributed by atoms with van der Waals surface area (Å²) in [5, 5.41) is 2.72. The fourth-order valence-corrected chi connectivity index (χ4v) is 1.57. The summed E-state index contributed by atoms with van der Waals surface area (Å²) in [6, 6.07) is 7.87. The van der Waals surface area contributed by atoms with Crippen LogP contribution in [0.25, 0.3) is 0 Å². The minimum Gasteiger partial charge on any atom is -0.337 e. The normalized spacial score (nSPS) is 10.4. The van der Waals surface area contributed by atoms with Gasteiger partial charge in [-0.15, -0.1) is 11.6 Å². The van der Waals surface area contributed by atoms with Gasteiger partial charge in [-0.25, -0.2) is 4.79 Å². The molecule has 0 heterocycles. The number of benzene rings is 1. The lowest BCUT2D eigenvalue weighted by molar-refractivity contribution is 0.248. The van der Waals surface area contributed by atoms with E-state index in [9.17, 15) is 4.79 Å². The molecule has 0 radical (unpaired) electrons. The maximum Gasteiger partial charge on any atom is 0.321 e. The van der Waals surface area contributed by atoms with E-state index in [1.54, 1.807) is 11.9 Å². The SMILES string of the molecule is CC(C)c1ccc(N(C)C(=O)NCCCl)cc1. The summed E-state index contributed by atoms with van der Waals surface area (Å²) in [4.78, 5) is 13.3. The molecule has 0 atom stereocenters. The van der Waals surface area contributed by atoms with Crippen molar-refractivity contribution in [2.24, 2.45) is 0 Å². The Kier molecular flexibility index (Phi) is 5.29. The fourth-order valence-electron chi connectivity index (χ4n) is 1.47. The molecule has 0 aliphatic carbocycles. The van der Waals surface area contributed by atoms with Gasteiger partial charge in [0.25, 0.3) is 0 Å². The second kappa shape index (κ2) is 6.50. The van der Waals surface area contributed by atoms with Gasteiger partial charge in [0.15, 0.2) is 0 Å². The van der Waals surface area contributed by atoms with Crippen molar-refractivity contribution in [1.82, 2.24) is 5.32 Å². The predicted octanol–water partition coefficient (Wildman–Crippen LogP) is 3.19. The molecule has 3 nitrogen and oxygen atoms in total. The highest BCUT2D eigenvalue weighted by Gasteiger charge is 2.09. The maximum absolute atomic E-state index is 11.7. The van der Waals surface area contributed by atoms with Gasteiger partial charge < -0.3 is 5.32 Å². The van der Waals surface area contributed by atoms with E-state index in [1.807, 2.05) is 24.3 Å². The van der Waals surface area contributed by atoms with Crippen LogP contribution < -0.4 is 10.2 Å². The average molecular weight is 255 g/mol. The van der Waals surface area contributed by atoms with E-state index >= 15 is 0 Å². The second-order valence-corrected chi connectivity index (χ2v) is 4.60. The molecular weight excluding hydrogens is 236 g/mol. The van der Waals surface area contributed by atoms with Crippen LogP contribution in [0.2, 0.25) is 0 Å². The van der Waals surface area contributed by atoms with E-state index in [0.29, 0.717) is 18.3 Å². The van der Waals surface area contributed by atoms with Crippen molar-refractivity contribution in [1.29, 1.82) is 0 Å². The van der Waals surface area contributed by atoms with Crippen LogP contribution >= 0.6 is 11.6 Å². The molecule has 2 amide bonds. The summed E-state index contributed by atoms with van der Waals surface area (Å²) in [7, 11) is 1.74. The van der Waals surface area contributed by atoms with E-state index in [4.69, 9.17) is 11.6 Å². The number of alkyl halides is 1. The first-order valence-corrected chi connectivity index (χ1v) is 6.27. The summed E-state index contributed by atoms with van der Waals surface area (Å²) in [6.45, 7) is 4.77. The summed E-state index contributed by atoms with van der Waals surface area (Å²) in [6.07, 6.45) is 0. The lowest BCUT2D eigenvalue weighted by Crippen LogP contribution is -2.38. The van der Waals surface area contributed by atoms with Crippen LogP contribution in [0.5, 0.6) is 0 Å². The number of hydrogen-bond donors (Lipinski definition) is 1. The van der Waals surface area contributed by atoms with Crippen LogP contribution in [0.4, 0.5) is 10.5 Å². The van der Waals surface area contributed by atoms with Crippen molar-refractivity contribution in [2.75, 3.05) is 24.4 Å². The predicted molar refractivity (Wildman–Crippen MR) is 73.1 cm³/mol. The Morgan fingerprint density at radius 1 is 1.35 bits per heavy atom. The van der Waals surface area contributed by atoms with Crippen molar-refractivity contribution in [3.05, 3.63) is 29.8 Å². The smallest absolute Gasteiger partial charge is 0.321 e. The first-order chi connectivity index (χ1) is 8.06. The number of carbonyl (C=O) groups is 1. The molecule has 0 unspecified atom stereocenters. The largest absolute Gasteiger partial charge is 0.337 e. The number of rotatable bonds is 4. The van der Waals surface area contributed by atoms with Crippen LogP contribution in [-0.2, 0) is 0 Å². The molecule has 94 valence electrons. The molecule has 0 aliphatic rings. The lowest BCUT2D eigenvalue weighted by atomic mass is 10.0. The van der Waals surface area contributed by atoms with Crippen LogP contribution in [0.3, 0.4) is 0 Å². The average Bonchev–Trinajstić information content (AvgIpc) is 2.35. The van der Waals surface area contributed by atoms with Crippen molar-refractivity contribution in [2.45, 2.75) is 19.8 Å². The zero-order valence-corrected chi connectivity index (χ0v) is 11.3. The van der Waals surface area contributed by atoms with E-state index in [0.717, 1.165) is 5.69 Å². The topological polar surface area (TPSA) is 32.3 Å². The summed E-state index contributed by atoms with van der Waals surface area (Å²) < 4.78 is 0. The molecule has 0 bridgehead atoms. The van der Waals surface area contributed by atoms with Crippen molar-refractivity contribution in [3.8, 4) is 0 Å². The Hall–Kier alpha value is -1.22. The third-order valence-electron chi connectivity index (χ3n) is 2.62. The van der Waals surface area contributed by atoms with Crippen LogP contribution in [0.1, 0.15) is 25.3 Å². The molecule has 0 spiro atoms. The third kappa shape index (κ3) is 3.93. The number of halogens is 1. The first kappa shape index (κ1) is 13.8. The number of nitrogens with one attached hydrogen (secondary N) is 1. The third-order valence-corrected chi connectivity index (χ3v) is 2.81. The van der Waals surface area contributed by atoms with Gasteiger partial charge in [-0.1, -0.05) is 26.0 Å². The summed E-state index contributed by atoms with van der Waals surface area (Å²) in [5.41, 5.74) is 2.14. The van der Waals surface area contributed by atoms with Crippen LogP contribution in [-0.4, -0.2) is 25.5 Å². The van der Waals surface area contributed by atoms with Gasteiger partial charge in [0.2, 0.25) is 0 Å². The Labute approximate surface area is 108 Å². The summed E-state index contributed by atoms with van der Waals surface area (Å²) >= 11 is 5.52. The monoisotopic (exact) mass is 254 g/mol. The Morgan fingerprint density at radius 3 is 2.41 bits per heavy atom. The molecular formula is C13H19ClN2O. The fraction of sp³-hybridized carbons (Fsp3) is 0.462. The van der Waals surface area contributed by atoms with Crippen LogP contribution in [0.15, 0.2) is 24.3 Å². The van der Waals surface area contributed by atoms with Gasteiger partial charge in [-0.2, -0.15) is 0 Å². The quantitative estimate of drug-likeness (QED) is 0.823. The highest BCUT2D eigenvalue weighted by molar-refractivity contribution is 6.18. The minimum atomic E-state index is -0.136. The number of nitrogens with zero attached hydrogens (tertiary/aromatic N) is 1. The molecule has 0 aromatic heterocycles. The molecule has 0 fully saturated rings. The molecule has 0 saturated carbocycles. The second-order valence-electron chi connectivity index (χ2n) is 4.23. The van der Waals surface area contributed by atoms with Gasteiger partial charge in [0, 0.05) is 25.2 Å². The molecule has 1 aromatic rings. The standard InChI is InChI=1S/C13H19ClN2O/c1-10(2)11-4-6-12(7-5-11)16(3)13(17)15-9-8-14/h4-7,10H,8-9H2,1-3H3,(H,15,17). The molecule has 0 aliphatic heterocycles. The van der Waals surface area contributed by atoms with E-state index in [1.165, 1.54) is 5.56 Å². The number of hydrogen-bond acceptors (Lipinski definition) is 1. The Bertz CT molecular complexity index is 362. The number of anilines is 1. The minimum absolute atomic E-state index is 0.136. The van der Waals surface area contributed by atoms with Crippen molar-refractivity contribution in [3.63, 3.8) is 0 Å². The molecule has 4 heteroatoms. The van der Waals surface area contributed by atoms with Gasteiger partial charge >= 0.3 is 6.03 Å². The van der Waals surface area contributed by atoms with E-state index < -0.39 is 0 Å². The molecule has 0 saturated heterocycles. The van der Waals surface area contributed by atoms with Gasteiger partial charge in [0.1, 0.15) is 0 Å². The zero-order valence-electron chi connectivity index (χ0n) is 10.5. The summed E-state index contributed by atoms with van der Waals surface area (Å²) in [5.74, 6) is 0.922. The van der Waals surface area contributed by atoms with E-state index in [2.05, 4.69) is 19.2 Å². The van der Waals surface area contributed by atoms with Crippen molar-refractivity contribution >= 4 is 23.3 Å². The maximum atomic E-state index is 11.7. The number of carbonyl (C=O) groups excluding carboxylic acids is 1. The Balaban J connectivity index is 2.69. The molecule has 17 heavy (non-hydrogen) atoms. The molecule has 1 N–H and O–H groups in total. The molecule has 1 rings (SSSR count). The van der Waals surface area contributed by atoms with Gasteiger partial charge in [-0.3, -0.25) is 4.90 Å². The van der Waals surface area contributed by atoms with Crippen molar-refractivity contribution < 1.29 is 4.79 Å². The first-order valence-electron chi connectivity index (χ1n) is 5.73.